The van der Waals surface area contributed by atoms with E-state index >= 15 is 0 Å². The summed E-state index contributed by atoms with van der Waals surface area (Å²) in [4.78, 5) is 11.4. The van der Waals surface area contributed by atoms with Crippen molar-refractivity contribution in [2.24, 2.45) is 0 Å². The van der Waals surface area contributed by atoms with Crippen LogP contribution in [-0.4, -0.2) is 20.2 Å². The molecule has 3 rings (SSSR count). The van der Waals surface area contributed by atoms with Crippen LogP contribution in [0, 0.1) is 0 Å². The quantitative estimate of drug-likeness (QED) is 0.531. The second-order valence-corrected chi connectivity index (χ2v) is 8.57. The lowest BCUT2D eigenvalue weighted by molar-refractivity contribution is -0.110. The Morgan fingerprint density at radius 3 is 2.23 bits per heavy atom. The molecular weight excluding hydrogens is 417 g/mol. The van der Waals surface area contributed by atoms with Gasteiger partial charge in [-0.1, -0.05) is 53.5 Å². The lowest BCUT2D eigenvalue weighted by Crippen LogP contribution is -2.34. The van der Waals surface area contributed by atoms with E-state index in [1.165, 1.54) is 18.2 Å². The SMILES string of the molecule is O=C(Cl)CN(c1ccc2ccccc2c1)S(=O)(=O)c1ccc(Cl)c(Cl)c1. The highest BCUT2D eigenvalue weighted by Crippen LogP contribution is 2.30. The second kappa shape index (κ2) is 7.45. The molecule has 0 N–H and O–H groups in total. The number of benzene rings is 3. The number of hydrogen-bond donors (Lipinski definition) is 0. The van der Waals surface area contributed by atoms with Crippen LogP contribution in [-0.2, 0) is 14.8 Å². The predicted molar refractivity (Wildman–Crippen MR) is 106 cm³/mol. The molecule has 0 aliphatic carbocycles. The van der Waals surface area contributed by atoms with Crippen molar-refractivity contribution in [3.63, 3.8) is 0 Å². The van der Waals surface area contributed by atoms with Gasteiger partial charge in [0.1, 0.15) is 6.54 Å². The van der Waals surface area contributed by atoms with E-state index in [0.29, 0.717) is 5.69 Å². The van der Waals surface area contributed by atoms with Crippen LogP contribution in [0.25, 0.3) is 10.8 Å². The third kappa shape index (κ3) is 3.81. The average Bonchev–Trinajstić information content (AvgIpc) is 2.61. The van der Waals surface area contributed by atoms with Crippen molar-refractivity contribution >= 4 is 66.5 Å². The molecule has 0 saturated heterocycles. The highest BCUT2D eigenvalue weighted by molar-refractivity contribution is 7.92. The first-order valence-corrected chi connectivity index (χ1v) is 10.0. The summed E-state index contributed by atoms with van der Waals surface area (Å²) in [6.07, 6.45) is 0. The van der Waals surface area contributed by atoms with Gasteiger partial charge in [-0.3, -0.25) is 9.10 Å². The van der Waals surface area contributed by atoms with Crippen molar-refractivity contribution in [3.8, 4) is 0 Å². The van der Waals surface area contributed by atoms with E-state index in [0.717, 1.165) is 15.1 Å². The van der Waals surface area contributed by atoms with Gasteiger partial charge >= 0.3 is 0 Å². The zero-order chi connectivity index (χ0) is 18.9. The Bertz CT molecular complexity index is 1100. The summed E-state index contributed by atoms with van der Waals surface area (Å²) >= 11 is 17.3. The monoisotopic (exact) mass is 427 g/mol. The number of sulfonamides is 1. The fraction of sp³-hybridized carbons (Fsp3) is 0.0556. The fourth-order valence-electron chi connectivity index (χ4n) is 2.52. The van der Waals surface area contributed by atoms with Crippen LogP contribution in [0.3, 0.4) is 0 Å². The van der Waals surface area contributed by atoms with Crippen molar-refractivity contribution in [2.45, 2.75) is 4.90 Å². The van der Waals surface area contributed by atoms with Gasteiger partial charge < -0.3 is 0 Å². The van der Waals surface area contributed by atoms with Crippen molar-refractivity contribution in [1.82, 2.24) is 0 Å². The zero-order valence-electron chi connectivity index (χ0n) is 13.2. The molecule has 0 aliphatic heterocycles. The van der Waals surface area contributed by atoms with Crippen LogP contribution in [0.4, 0.5) is 5.69 Å². The Morgan fingerprint density at radius 1 is 0.885 bits per heavy atom. The Labute approximate surface area is 165 Å². The summed E-state index contributed by atoms with van der Waals surface area (Å²) in [6.45, 7) is -0.511. The maximum atomic E-state index is 13.1. The highest BCUT2D eigenvalue weighted by atomic mass is 35.5. The summed E-state index contributed by atoms with van der Waals surface area (Å²) in [5.41, 5.74) is 0.323. The molecular formula is C18H12Cl3NO3S. The number of rotatable bonds is 5. The topological polar surface area (TPSA) is 54.5 Å². The number of anilines is 1. The van der Waals surface area contributed by atoms with Gasteiger partial charge in [-0.15, -0.1) is 0 Å². The molecule has 3 aromatic carbocycles. The predicted octanol–water partition coefficient (Wildman–Crippen LogP) is 5.11. The Balaban J connectivity index is 2.14. The number of halogens is 3. The van der Waals surface area contributed by atoms with Gasteiger partial charge in [0.2, 0.25) is 5.24 Å². The molecule has 0 unspecified atom stereocenters. The molecule has 0 amide bonds. The highest BCUT2D eigenvalue weighted by Gasteiger charge is 2.27. The summed E-state index contributed by atoms with van der Waals surface area (Å²) in [6, 6.07) is 16.5. The molecule has 4 nitrogen and oxygen atoms in total. The fourth-order valence-corrected chi connectivity index (χ4v) is 4.52. The van der Waals surface area contributed by atoms with E-state index in [1.54, 1.807) is 18.2 Å². The molecule has 134 valence electrons. The molecule has 0 radical (unpaired) electrons. The van der Waals surface area contributed by atoms with E-state index in [1.807, 2.05) is 24.3 Å². The lowest BCUT2D eigenvalue weighted by Gasteiger charge is -2.23. The van der Waals surface area contributed by atoms with E-state index < -0.39 is 21.8 Å². The Hall–Kier alpha value is -1.79. The minimum Gasteiger partial charge on any atom is -0.279 e. The van der Waals surface area contributed by atoms with Crippen LogP contribution in [0.15, 0.2) is 65.6 Å². The summed E-state index contributed by atoms with van der Waals surface area (Å²) in [7, 11) is -4.07. The molecule has 0 aliphatic rings. The van der Waals surface area contributed by atoms with E-state index in [-0.39, 0.29) is 14.9 Å². The standard InChI is InChI=1S/C18H12Cl3NO3S/c19-16-8-7-15(10-17(16)20)26(24,25)22(11-18(21)23)14-6-5-12-3-1-2-4-13(12)9-14/h1-10H,11H2. The van der Waals surface area contributed by atoms with E-state index in [9.17, 15) is 13.2 Å². The van der Waals surface area contributed by atoms with Gasteiger partial charge in [-0.05, 0) is 52.7 Å². The first-order chi connectivity index (χ1) is 12.3. The number of carbonyl (C=O) groups is 1. The minimum absolute atomic E-state index is 0.0852. The van der Waals surface area contributed by atoms with Gasteiger partial charge in [0.05, 0.1) is 20.6 Å². The summed E-state index contributed by atoms with van der Waals surface area (Å²) in [5, 5.41) is 1.31. The van der Waals surface area contributed by atoms with Gasteiger partial charge in [-0.25, -0.2) is 8.42 Å². The Morgan fingerprint density at radius 2 is 1.58 bits per heavy atom. The molecule has 3 aromatic rings. The molecule has 8 heteroatoms. The number of hydrogen-bond acceptors (Lipinski definition) is 3. The maximum absolute atomic E-state index is 13.1. The molecule has 0 bridgehead atoms. The molecule has 0 aromatic heterocycles. The molecule has 0 atom stereocenters. The normalized spacial score (nSPS) is 11.5. The van der Waals surface area contributed by atoms with Crippen molar-refractivity contribution < 1.29 is 13.2 Å². The number of fused-ring (bicyclic) bond motifs is 1. The Kier molecular flexibility index (Phi) is 5.44. The second-order valence-electron chi connectivity index (χ2n) is 5.47. The van der Waals surface area contributed by atoms with E-state index in [2.05, 4.69) is 0 Å². The van der Waals surface area contributed by atoms with Gasteiger partial charge in [0, 0.05) is 0 Å². The van der Waals surface area contributed by atoms with Crippen LogP contribution in [0.1, 0.15) is 0 Å². The largest absolute Gasteiger partial charge is 0.279 e. The number of carbonyl (C=O) groups excluding carboxylic acids is 1. The van der Waals surface area contributed by atoms with Gasteiger partial charge in [0.15, 0.2) is 0 Å². The average molecular weight is 429 g/mol. The van der Waals surface area contributed by atoms with Gasteiger partial charge in [-0.2, -0.15) is 0 Å². The maximum Gasteiger partial charge on any atom is 0.264 e. The zero-order valence-corrected chi connectivity index (χ0v) is 16.3. The van der Waals surface area contributed by atoms with Crippen LogP contribution >= 0.6 is 34.8 Å². The summed E-state index contributed by atoms with van der Waals surface area (Å²) < 4.78 is 27.1. The minimum atomic E-state index is -4.07. The van der Waals surface area contributed by atoms with Crippen LogP contribution in [0.2, 0.25) is 10.0 Å². The van der Waals surface area contributed by atoms with Crippen molar-refractivity contribution in [3.05, 3.63) is 70.7 Å². The van der Waals surface area contributed by atoms with Gasteiger partial charge in [0.25, 0.3) is 10.0 Å². The van der Waals surface area contributed by atoms with E-state index in [4.69, 9.17) is 34.8 Å². The van der Waals surface area contributed by atoms with Crippen LogP contribution in [0.5, 0.6) is 0 Å². The first kappa shape index (κ1) is 19.0. The molecule has 26 heavy (non-hydrogen) atoms. The third-order valence-corrected chi connectivity index (χ3v) is 6.40. The third-order valence-electron chi connectivity index (χ3n) is 3.77. The lowest BCUT2D eigenvalue weighted by atomic mass is 10.1. The molecule has 0 saturated carbocycles. The smallest absolute Gasteiger partial charge is 0.264 e. The molecule has 0 fully saturated rings. The number of nitrogens with zero attached hydrogens (tertiary/aromatic N) is 1. The summed E-state index contributed by atoms with van der Waals surface area (Å²) in [5.74, 6) is 0. The van der Waals surface area contributed by atoms with Crippen LogP contribution < -0.4 is 4.31 Å². The van der Waals surface area contributed by atoms with Crippen molar-refractivity contribution in [1.29, 1.82) is 0 Å². The molecule has 0 spiro atoms. The van der Waals surface area contributed by atoms with Crippen molar-refractivity contribution in [2.75, 3.05) is 10.8 Å². The molecule has 0 heterocycles. The first-order valence-electron chi connectivity index (χ1n) is 7.44.